The van der Waals surface area contributed by atoms with Crippen molar-refractivity contribution in [2.75, 3.05) is 11.9 Å². The molecule has 1 rings (SSSR count). The predicted octanol–water partition coefficient (Wildman–Crippen LogP) is 2.44. The van der Waals surface area contributed by atoms with Gasteiger partial charge in [-0.2, -0.15) is 0 Å². The molecule has 1 aromatic rings. The van der Waals surface area contributed by atoms with Crippen molar-refractivity contribution in [2.24, 2.45) is 11.7 Å². The molecule has 0 fully saturated rings. The third-order valence-corrected chi connectivity index (χ3v) is 2.90. The van der Waals surface area contributed by atoms with Crippen molar-refractivity contribution in [3.05, 3.63) is 23.5 Å². The van der Waals surface area contributed by atoms with Gasteiger partial charge in [-0.3, -0.25) is 9.78 Å². The lowest BCUT2D eigenvalue weighted by molar-refractivity contribution is -0.116. The van der Waals surface area contributed by atoms with Gasteiger partial charge in [0.05, 0.1) is 16.9 Å². The Balaban J connectivity index is 2.37. The topological polar surface area (TPSA) is 68.0 Å². The molecule has 94 valence electrons. The van der Waals surface area contributed by atoms with Crippen LogP contribution in [0.4, 0.5) is 5.69 Å². The van der Waals surface area contributed by atoms with Crippen molar-refractivity contribution in [3.63, 3.8) is 0 Å². The van der Waals surface area contributed by atoms with Crippen LogP contribution in [0.25, 0.3) is 0 Å². The van der Waals surface area contributed by atoms with E-state index in [0.29, 0.717) is 29.6 Å². The molecule has 0 aromatic carbocycles. The number of pyridine rings is 1. The molecule has 1 unspecified atom stereocenters. The SMILES string of the molecule is CC(CCN)CCC(=O)Nc1cnccc1Cl. The van der Waals surface area contributed by atoms with Gasteiger partial charge >= 0.3 is 0 Å². The van der Waals surface area contributed by atoms with Gasteiger partial charge in [-0.25, -0.2) is 0 Å². The smallest absolute Gasteiger partial charge is 0.224 e. The summed E-state index contributed by atoms with van der Waals surface area (Å²) in [6.45, 7) is 2.76. The highest BCUT2D eigenvalue weighted by molar-refractivity contribution is 6.33. The standard InChI is InChI=1S/C12H18ClN3O/c1-9(4-6-14)2-3-12(17)16-11-8-15-7-5-10(11)13/h5,7-9H,2-4,6,14H2,1H3,(H,16,17). The molecule has 0 saturated carbocycles. The van der Waals surface area contributed by atoms with Crippen LogP contribution in [0.5, 0.6) is 0 Å². The van der Waals surface area contributed by atoms with Crippen LogP contribution in [0, 0.1) is 5.92 Å². The van der Waals surface area contributed by atoms with E-state index in [2.05, 4.69) is 17.2 Å². The van der Waals surface area contributed by atoms with Crippen molar-refractivity contribution in [2.45, 2.75) is 26.2 Å². The van der Waals surface area contributed by atoms with Gasteiger partial charge in [0.1, 0.15) is 0 Å². The maximum absolute atomic E-state index is 11.6. The van der Waals surface area contributed by atoms with Gasteiger partial charge < -0.3 is 11.1 Å². The Kier molecular flexibility index (Phi) is 5.94. The minimum atomic E-state index is -0.0382. The van der Waals surface area contributed by atoms with E-state index < -0.39 is 0 Å². The largest absolute Gasteiger partial charge is 0.330 e. The van der Waals surface area contributed by atoms with E-state index >= 15 is 0 Å². The first-order valence-electron chi connectivity index (χ1n) is 5.73. The molecule has 17 heavy (non-hydrogen) atoms. The van der Waals surface area contributed by atoms with E-state index in [4.69, 9.17) is 17.3 Å². The van der Waals surface area contributed by atoms with E-state index in [1.807, 2.05) is 0 Å². The summed E-state index contributed by atoms with van der Waals surface area (Å²) in [5, 5.41) is 3.25. The van der Waals surface area contributed by atoms with Crippen LogP contribution in [0.15, 0.2) is 18.5 Å². The number of carbonyl (C=O) groups is 1. The molecule has 0 aliphatic carbocycles. The van der Waals surface area contributed by atoms with Crippen LogP contribution in [0.1, 0.15) is 26.2 Å². The van der Waals surface area contributed by atoms with E-state index in [1.54, 1.807) is 18.5 Å². The fraction of sp³-hybridized carbons (Fsp3) is 0.500. The van der Waals surface area contributed by atoms with Crippen LogP contribution >= 0.6 is 11.6 Å². The third-order valence-electron chi connectivity index (χ3n) is 2.57. The molecule has 0 bridgehead atoms. The van der Waals surface area contributed by atoms with Crippen LogP contribution in [-0.2, 0) is 4.79 Å². The Morgan fingerprint density at radius 3 is 3.00 bits per heavy atom. The number of nitrogens with one attached hydrogen (secondary N) is 1. The fourth-order valence-electron chi connectivity index (χ4n) is 1.49. The predicted molar refractivity (Wildman–Crippen MR) is 69.9 cm³/mol. The minimum absolute atomic E-state index is 0.0382. The summed E-state index contributed by atoms with van der Waals surface area (Å²) in [4.78, 5) is 15.6. The summed E-state index contributed by atoms with van der Waals surface area (Å²) >= 11 is 5.91. The molecule has 5 heteroatoms. The maximum Gasteiger partial charge on any atom is 0.224 e. The highest BCUT2D eigenvalue weighted by Gasteiger charge is 2.08. The summed E-state index contributed by atoms with van der Waals surface area (Å²) in [6.07, 6.45) is 5.39. The van der Waals surface area contributed by atoms with E-state index in [1.165, 1.54) is 0 Å². The molecule has 3 N–H and O–H groups in total. The maximum atomic E-state index is 11.6. The Bertz CT molecular complexity index is 371. The Morgan fingerprint density at radius 2 is 2.35 bits per heavy atom. The minimum Gasteiger partial charge on any atom is -0.330 e. The number of nitrogens with two attached hydrogens (primary N) is 1. The first-order valence-corrected chi connectivity index (χ1v) is 6.10. The molecule has 0 saturated heterocycles. The molecule has 0 radical (unpaired) electrons. The summed E-state index contributed by atoms with van der Waals surface area (Å²) in [5.41, 5.74) is 6.01. The number of rotatable bonds is 6. The molecule has 1 amide bonds. The van der Waals surface area contributed by atoms with Crippen molar-refractivity contribution < 1.29 is 4.79 Å². The summed E-state index contributed by atoms with van der Waals surface area (Å²) in [5.74, 6) is 0.430. The highest BCUT2D eigenvalue weighted by atomic mass is 35.5. The second-order valence-corrected chi connectivity index (χ2v) is 4.53. The monoisotopic (exact) mass is 255 g/mol. The molecular formula is C12H18ClN3O. The van der Waals surface area contributed by atoms with Gasteiger partial charge in [0.25, 0.3) is 0 Å². The third kappa shape index (κ3) is 5.15. The van der Waals surface area contributed by atoms with Crippen molar-refractivity contribution in [3.8, 4) is 0 Å². The van der Waals surface area contributed by atoms with Gasteiger partial charge in [-0.1, -0.05) is 18.5 Å². The lowest BCUT2D eigenvalue weighted by Crippen LogP contribution is -2.14. The zero-order valence-electron chi connectivity index (χ0n) is 9.95. The second-order valence-electron chi connectivity index (χ2n) is 4.12. The average molecular weight is 256 g/mol. The van der Waals surface area contributed by atoms with Gasteiger partial charge in [0.2, 0.25) is 5.91 Å². The van der Waals surface area contributed by atoms with Crippen molar-refractivity contribution in [1.29, 1.82) is 0 Å². The van der Waals surface area contributed by atoms with E-state index in [-0.39, 0.29) is 5.91 Å². The molecule has 1 heterocycles. The molecule has 0 aliphatic rings. The molecule has 1 atom stereocenters. The van der Waals surface area contributed by atoms with E-state index in [9.17, 15) is 4.79 Å². The lowest BCUT2D eigenvalue weighted by atomic mass is 10.0. The molecule has 0 aliphatic heterocycles. The Morgan fingerprint density at radius 1 is 1.59 bits per heavy atom. The highest BCUT2D eigenvalue weighted by Crippen LogP contribution is 2.19. The number of anilines is 1. The van der Waals surface area contributed by atoms with Crippen molar-refractivity contribution in [1.82, 2.24) is 4.98 Å². The average Bonchev–Trinajstić information content (AvgIpc) is 2.30. The van der Waals surface area contributed by atoms with Gasteiger partial charge in [0, 0.05) is 12.6 Å². The van der Waals surface area contributed by atoms with Crippen LogP contribution < -0.4 is 11.1 Å². The number of carbonyl (C=O) groups excluding carboxylic acids is 1. The van der Waals surface area contributed by atoms with Crippen LogP contribution in [-0.4, -0.2) is 17.4 Å². The fourth-order valence-corrected chi connectivity index (χ4v) is 1.64. The molecular weight excluding hydrogens is 238 g/mol. The first kappa shape index (κ1) is 13.9. The molecule has 0 spiro atoms. The number of aromatic nitrogens is 1. The number of halogens is 1. The summed E-state index contributed by atoms with van der Waals surface area (Å²) < 4.78 is 0. The lowest BCUT2D eigenvalue weighted by Gasteiger charge is -2.10. The Labute approximate surface area is 107 Å². The number of hydrogen-bond acceptors (Lipinski definition) is 3. The normalized spacial score (nSPS) is 12.2. The first-order chi connectivity index (χ1) is 8.13. The van der Waals surface area contributed by atoms with Crippen molar-refractivity contribution >= 4 is 23.2 Å². The number of nitrogens with zero attached hydrogens (tertiary/aromatic N) is 1. The number of amides is 1. The van der Waals surface area contributed by atoms with Gasteiger partial charge in [0.15, 0.2) is 0 Å². The summed E-state index contributed by atoms with van der Waals surface area (Å²) in [6, 6.07) is 1.65. The van der Waals surface area contributed by atoms with Gasteiger partial charge in [-0.15, -0.1) is 0 Å². The van der Waals surface area contributed by atoms with Crippen LogP contribution in [0.3, 0.4) is 0 Å². The Hall–Kier alpha value is -1.13. The summed E-state index contributed by atoms with van der Waals surface area (Å²) in [7, 11) is 0. The number of hydrogen-bond donors (Lipinski definition) is 2. The quantitative estimate of drug-likeness (QED) is 0.820. The molecule has 4 nitrogen and oxygen atoms in total. The van der Waals surface area contributed by atoms with Crippen LogP contribution in [0.2, 0.25) is 5.02 Å². The second kappa shape index (κ2) is 7.25. The zero-order valence-corrected chi connectivity index (χ0v) is 10.7. The van der Waals surface area contributed by atoms with E-state index in [0.717, 1.165) is 12.8 Å². The zero-order chi connectivity index (χ0) is 12.7. The van der Waals surface area contributed by atoms with Gasteiger partial charge in [-0.05, 0) is 31.4 Å². The molecule has 1 aromatic heterocycles.